The highest BCUT2D eigenvalue weighted by molar-refractivity contribution is 6.34. The van der Waals surface area contributed by atoms with Gasteiger partial charge in [0.1, 0.15) is 11.6 Å². The van der Waals surface area contributed by atoms with Gasteiger partial charge in [0.05, 0.1) is 16.4 Å². The maximum absolute atomic E-state index is 13.0. The van der Waals surface area contributed by atoms with E-state index < -0.39 is 23.7 Å². The van der Waals surface area contributed by atoms with E-state index in [1.54, 1.807) is 24.3 Å². The van der Waals surface area contributed by atoms with Crippen LogP contribution < -0.4 is 15.4 Å². The molecule has 0 spiro atoms. The second kappa shape index (κ2) is 5.65. The molecule has 0 aliphatic carbocycles. The zero-order valence-corrected chi connectivity index (χ0v) is 11.9. The molecule has 5 nitrogen and oxygen atoms in total. The summed E-state index contributed by atoms with van der Waals surface area (Å²) in [6, 6.07) is 10.3. The van der Waals surface area contributed by atoms with Crippen LogP contribution in [0.2, 0.25) is 5.02 Å². The lowest BCUT2D eigenvalue weighted by Gasteiger charge is -2.25. The minimum atomic E-state index is -1.35. The summed E-state index contributed by atoms with van der Waals surface area (Å²) < 4.78 is 18.4. The highest BCUT2D eigenvalue weighted by Gasteiger charge is 2.34. The van der Waals surface area contributed by atoms with E-state index >= 15 is 0 Å². The summed E-state index contributed by atoms with van der Waals surface area (Å²) in [6.07, 6.45) is -1.35. The van der Waals surface area contributed by atoms with Gasteiger partial charge in [-0.2, -0.15) is 0 Å². The van der Waals surface area contributed by atoms with Gasteiger partial charge in [-0.05, 0) is 30.3 Å². The largest absolute Gasteiger partial charge is 0.468 e. The first-order chi connectivity index (χ1) is 10.5. The summed E-state index contributed by atoms with van der Waals surface area (Å²) in [5.41, 5.74) is 0.694. The van der Waals surface area contributed by atoms with E-state index in [-0.39, 0.29) is 10.7 Å². The predicted molar refractivity (Wildman–Crippen MR) is 79.5 cm³/mol. The van der Waals surface area contributed by atoms with Crippen LogP contribution in [0.1, 0.15) is 0 Å². The summed E-state index contributed by atoms with van der Waals surface area (Å²) in [6.45, 7) is 0. The van der Waals surface area contributed by atoms with Gasteiger partial charge in [-0.25, -0.2) is 4.39 Å². The maximum atomic E-state index is 13.0. The number of ether oxygens (including phenoxy) is 1. The third kappa shape index (κ3) is 2.73. The number of hydrogen-bond donors (Lipinski definition) is 2. The van der Waals surface area contributed by atoms with Gasteiger partial charge in [0.15, 0.2) is 0 Å². The van der Waals surface area contributed by atoms with E-state index in [1.165, 1.54) is 6.07 Å². The standard InChI is InChI=1S/C15H10ClFN2O3/c16-9-7-8(17)5-6-10(9)18-14(20)13-15(21)19-11-3-1-2-4-12(11)22-13/h1-7,13H,(H,18,20)(H,19,21). The fourth-order valence-corrected chi connectivity index (χ4v) is 2.23. The fraction of sp³-hybridized carbons (Fsp3) is 0.0667. The van der Waals surface area contributed by atoms with Crippen molar-refractivity contribution in [1.82, 2.24) is 0 Å². The van der Waals surface area contributed by atoms with Gasteiger partial charge < -0.3 is 15.4 Å². The summed E-state index contributed by atoms with van der Waals surface area (Å²) in [7, 11) is 0. The summed E-state index contributed by atoms with van der Waals surface area (Å²) in [4.78, 5) is 24.1. The number of anilines is 2. The number of para-hydroxylation sites is 2. The lowest BCUT2D eigenvalue weighted by molar-refractivity contribution is -0.133. The molecule has 1 unspecified atom stereocenters. The molecular weight excluding hydrogens is 311 g/mol. The SMILES string of the molecule is O=C(Nc1ccc(F)cc1Cl)C1Oc2ccccc2NC1=O. The lowest BCUT2D eigenvalue weighted by atomic mass is 10.2. The van der Waals surface area contributed by atoms with Gasteiger partial charge in [0.25, 0.3) is 17.9 Å². The third-order valence-electron chi connectivity index (χ3n) is 3.06. The molecule has 2 amide bonds. The van der Waals surface area contributed by atoms with Crippen molar-refractivity contribution in [3.8, 4) is 5.75 Å². The molecule has 0 saturated carbocycles. The minimum Gasteiger partial charge on any atom is -0.468 e. The Bertz CT molecular complexity index is 766. The number of fused-ring (bicyclic) bond motifs is 1. The Morgan fingerprint density at radius 3 is 2.82 bits per heavy atom. The maximum Gasteiger partial charge on any atom is 0.275 e. The zero-order valence-electron chi connectivity index (χ0n) is 11.1. The van der Waals surface area contributed by atoms with E-state index in [2.05, 4.69) is 10.6 Å². The van der Waals surface area contributed by atoms with E-state index in [1.807, 2.05) is 0 Å². The predicted octanol–water partition coefficient (Wildman–Crippen LogP) is 2.82. The molecule has 1 atom stereocenters. The molecule has 3 rings (SSSR count). The van der Waals surface area contributed by atoms with E-state index in [9.17, 15) is 14.0 Å². The number of carbonyl (C=O) groups excluding carboxylic acids is 2. The van der Waals surface area contributed by atoms with Gasteiger partial charge in [-0.3, -0.25) is 9.59 Å². The number of hydrogen-bond acceptors (Lipinski definition) is 3. The topological polar surface area (TPSA) is 67.4 Å². The molecule has 2 N–H and O–H groups in total. The normalized spacial score (nSPS) is 16.3. The second-order valence-corrected chi connectivity index (χ2v) is 5.00. The molecule has 0 radical (unpaired) electrons. The molecule has 0 bridgehead atoms. The number of halogens is 2. The van der Waals surface area contributed by atoms with Crippen molar-refractivity contribution in [3.05, 3.63) is 53.3 Å². The zero-order chi connectivity index (χ0) is 15.7. The van der Waals surface area contributed by atoms with Gasteiger partial charge in [-0.15, -0.1) is 0 Å². The smallest absolute Gasteiger partial charge is 0.275 e. The Hall–Kier alpha value is -2.60. The Labute approximate surface area is 130 Å². The Kier molecular flexibility index (Phi) is 3.68. The van der Waals surface area contributed by atoms with Crippen molar-refractivity contribution in [3.63, 3.8) is 0 Å². The number of benzene rings is 2. The average molecular weight is 321 g/mol. The lowest BCUT2D eigenvalue weighted by Crippen LogP contribution is -2.45. The van der Waals surface area contributed by atoms with Gasteiger partial charge in [-0.1, -0.05) is 23.7 Å². The number of amides is 2. The summed E-state index contributed by atoms with van der Waals surface area (Å²) in [5.74, 6) is -1.41. The highest BCUT2D eigenvalue weighted by Crippen LogP contribution is 2.29. The molecule has 1 heterocycles. The van der Waals surface area contributed by atoms with Crippen molar-refractivity contribution in [2.45, 2.75) is 6.10 Å². The fourth-order valence-electron chi connectivity index (χ4n) is 2.01. The highest BCUT2D eigenvalue weighted by atomic mass is 35.5. The van der Waals surface area contributed by atoms with Crippen LogP contribution in [-0.2, 0) is 9.59 Å². The molecule has 22 heavy (non-hydrogen) atoms. The van der Waals surface area contributed by atoms with Gasteiger partial charge >= 0.3 is 0 Å². The van der Waals surface area contributed by atoms with Crippen LogP contribution in [0, 0.1) is 5.82 Å². The van der Waals surface area contributed by atoms with E-state index in [0.717, 1.165) is 12.1 Å². The molecule has 0 aromatic heterocycles. The van der Waals surface area contributed by atoms with E-state index in [0.29, 0.717) is 11.4 Å². The molecule has 112 valence electrons. The van der Waals surface area contributed by atoms with Crippen molar-refractivity contribution >= 4 is 34.8 Å². The number of rotatable bonds is 2. The van der Waals surface area contributed by atoms with Crippen molar-refractivity contribution < 1.29 is 18.7 Å². The Morgan fingerprint density at radius 1 is 1.27 bits per heavy atom. The summed E-state index contributed by atoms with van der Waals surface area (Å²) >= 11 is 5.83. The number of nitrogens with one attached hydrogen (secondary N) is 2. The van der Waals surface area contributed by atoms with Crippen LogP contribution in [0.5, 0.6) is 5.75 Å². The van der Waals surface area contributed by atoms with Crippen LogP contribution in [0.4, 0.5) is 15.8 Å². The number of carbonyl (C=O) groups is 2. The summed E-state index contributed by atoms with van der Waals surface area (Å²) in [5, 5.41) is 5.06. The van der Waals surface area contributed by atoms with Crippen molar-refractivity contribution in [2.75, 3.05) is 10.6 Å². The van der Waals surface area contributed by atoms with Crippen LogP contribution >= 0.6 is 11.6 Å². The van der Waals surface area contributed by atoms with Crippen molar-refractivity contribution in [2.24, 2.45) is 0 Å². The first kappa shape index (κ1) is 14.3. The Morgan fingerprint density at radius 2 is 2.05 bits per heavy atom. The van der Waals surface area contributed by atoms with Crippen LogP contribution in [-0.4, -0.2) is 17.9 Å². The minimum absolute atomic E-state index is 0.0324. The first-order valence-corrected chi connectivity index (χ1v) is 6.75. The van der Waals surface area contributed by atoms with Crippen LogP contribution in [0.3, 0.4) is 0 Å². The van der Waals surface area contributed by atoms with E-state index in [4.69, 9.17) is 16.3 Å². The first-order valence-electron chi connectivity index (χ1n) is 6.37. The average Bonchev–Trinajstić information content (AvgIpc) is 2.49. The van der Waals surface area contributed by atoms with Crippen LogP contribution in [0.15, 0.2) is 42.5 Å². The molecule has 2 aromatic rings. The molecule has 0 fully saturated rings. The molecule has 1 aliphatic rings. The second-order valence-electron chi connectivity index (χ2n) is 4.60. The monoisotopic (exact) mass is 320 g/mol. The van der Waals surface area contributed by atoms with Crippen molar-refractivity contribution in [1.29, 1.82) is 0 Å². The molecular formula is C15H10ClFN2O3. The molecule has 0 saturated heterocycles. The quantitative estimate of drug-likeness (QED) is 0.836. The molecule has 1 aliphatic heterocycles. The Balaban J connectivity index is 1.79. The molecule has 2 aromatic carbocycles. The van der Waals surface area contributed by atoms with Gasteiger partial charge in [0.2, 0.25) is 0 Å². The molecule has 7 heteroatoms. The van der Waals surface area contributed by atoms with Crippen LogP contribution in [0.25, 0.3) is 0 Å². The van der Waals surface area contributed by atoms with Gasteiger partial charge in [0, 0.05) is 0 Å². The third-order valence-corrected chi connectivity index (χ3v) is 3.37.